The van der Waals surface area contributed by atoms with Gasteiger partial charge in [0.1, 0.15) is 9.84 Å². The van der Waals surface area contributed by atoms with E-state index < -0.39 is 36.9 Å². The molecule has 0 fully saturated rings. The van der Waals surface area contributed by atoms with Gasteiger partial charge in [0.25, 0.3) is 0 Å². The molecule has 0 aromatic heterocycles. The largest absolute Gasteiger partial charge is 0.409 e. The molecule has 0 bridgehead atoms. The molecule has 0 aliphatic carbocycles. The number of nitrogens with two attached hydrogens (primary N) is 1. The summed E-state index contributed by atoms with van der Waals surface area (Å²) in [6.07, 6.45) is 0.942. The molecule has 4 N–H and O–H groups in total. The van der Waals surface area contributed by atoms with Gasteiger partial charge in [0, 0.05) is 6.26 Å². The zero-order valence-electron chi connectivity index (χ0n) is 9.84. The van der Waals surface area contributed by atoms with E-state index >= 15 is 0 Å². The number of rotatable bonds is 6. The number of hydrogen-bond acceptors (Lipinski definition) is 6. The Kier molecular flexibility index (Phi) is 4.92. The molecular formula is C7H17N3O5S2. The molecule has 0 atom stereocenters. The smallest absolute Gasteiger partial charge is 0.213 e. The Bertz CT molecular complexity index is 492. The molecule has 0 aromatic rings. The molecule has 0 aliphatic heterocycles. The van der Waals surface area contributed by atoms with Gasteiger partial charge in [-0.15, -0.1) is 0 Å². The SMILES string of the molecule is CC(C)(NS(=O)(=O)CCS(C)(=O)=O)/C(N)=N/O. The summed E-state index contributed by atoms with van der Waals surface area (Å²) in [5.74, 6) is -1.39. The molecule has 0 radical (unpaired) electrons. The van der Waals surface area contributed by atoms with Crippen molar-refractivity contribution in [2.75, 3.05) is 17.8 Å². The fourth-order valence-electron chi connectivity index (χ4n) is 0.878. The molecular weight excluding hydrogens is 270 g/mol. The summed E-state index contributed by atoms with van der Waals surface area (Å²) < 4.78 is 46.9. The van der Waals surface area contributed by atoms with Crippen molar-refractivity contribution in [3.05, 3.63) is 0 Å². The van der Waals surface area contributed by atoms with Crippen LogP contribution >= 0.6 is 0 Å². The van der Waals surface area contributed by atoms with Gasteiger partial charge in [-0.25, -0.2) is 21.6 Å². The summed E-state index contributed by atoms with van der Waals surface area (Å²) in [5, 5.41) is 11.2. The van der Waals surface area contributed by atoms with E-state index in [0.717, 1.165) is 6.26 Å². The van der Waals surface area contributed by atoms with Crippen LogP contribution in [-0.4, -0.2) is 51.2 Å². The zero-order chi connectivity index (χ0) is 13.9. The number of oxime groups is 1. The average molecular weight is 287 g/mol. The fraction of sp³-hybridized carbons (Fsp3) is 0.857. The van der Waals surface area contributed by atoms with Gasteiger partial charge in [0.15, 0.2) is 5.84 Å². The maximum Gasteiger partial charge on any atom is 0.213 e. The summed E-state index contributed by atoms with van der Waals surface area (Å²) in [5.41, 5.74) is 4.01. The topological polar surface area (TPSA) is 139 Å². The first-order valence-electron chi connectivity index (χ1n) is 4.57. The number of nitrogens with one attached hydrogen (secondary N) is 1. The van der Waals surface area contributed by atoms with Crippen LogP contribution in [0.15, 0.2) is 5.16 Å². The van der Waals surface area contributed by atoms with Crippen molar-refractivity contribution >= 4 is 25.7 Å². The van der Waals surface area contributed by atoms with Gasteiger partial charge in [-0.1, -0.05) is 5.16 Å². The lowest BCUT2D eigenvalue weighted by molar-refractivity contribution is 0.312. The van der Waals surface area contributed by atoms with Gasteiger partial charge >= 0.3 is 0 Å². The van der Waals surface area contributed by atoms with Gasteiger partial charge in [0.05, 0.1) is 17.0 Å². The minimum absolute atomic E-state index is 0.319. The maximum absolute atomic E-state index is 11.5. The Labute approximate surface area is 101 Å². The van der Waals surface area contributed by atoms with Crippen molar-refractivity contribution in [2.24, 2.45) is 10.9 Å². The Morgan fingerprint density at radius 3 is 2.12 bits per heavy atom. The van der Waals surface area contributed by atoms with Crippen molar-refractivity contribution in [1.82, 2.24) is 4.72 Å². The standard InChI is InChI=1S/C7H17N3O5S2/c1-7(2,6(8)9-11)10-17(14,15)5-4-16(3,12)13/h10-11H,4-5H2,1-3H3,(H2,8,9). The van der Waals surface area contributed by atoms with E-state index in [2.05, 4.69) is 9.88 Å². The van der Waals surface area contributed by atoms with Crippen LogP contribution in [0.4, 0.5) is 0 Å². The first-order chi connectivity index (χ1) is 7.40. The van der Waals surface area contributed by atoms with Crippen LogP contribution in [0.2, 0.25) is 0 Å². The Morgan fingerprint density at radius 2 is 1.76 bits per heavy atom. The van der Waals surface area contributed by atoms with Gasteiger partial charge in [-0.05, 0) is 13.8 Å². The first kappa shape index (κ1) is 16.1. The lowest BCUT2D eigenvalue weighted by atomic mass is 10.1. The monoisotopic (exact) mass is 287 g/mol. The molecule has 0 aliphatic rings. The van der Waals surface area contributed by atoms with E-state index in [1.807, 2.05) is 0 Å². The van der Waals surface area contributed by atoms with Crippen molar-refractivity contribution in [3.8, 4) is 0 Å². The molecule has 0 spiro atoms. The Morgan fingerprint density at radius 1 is 1.29 bits per heavy atom. The number of amidine groups is 1. The molecule has 0 unspecified atom stereocenters. The average Bonchev–Trinajstić information content (AvgIpc) is 2.11. The molecule has 0 rings (SSSR count). The molecule has 0 amide bonds. The number of nitrogens with zero attached hydrogens (tertiary/aromatic N) is 1. The maximum atomic E-state index is 11.5. The van der Waals surface area contributed by atoms with Gasteiger partial charge in [-0.3, -0.25) is 0 Å². The number of sulfonamides is 1. The highest BCUT2D eigenvalue weighted by molar-refractivity contribution is 7.93. The highest BCUT2D eigenvalue weighted by atomic mass is 32.2. The molecule has 0 aromatic carbocycles. The van der Waals surface area contributed by atoms with E-state index in [1.165, 1.54) is 13.8 Å². The lowest BCUT2D eigenvalue weighted by Gasteiger charge is -2.24. The van der Waals surface area contributed by atoms with Crippen LogP contribution < -0.4 is 10.5 Å². The fourth-order valence-corrected chi connectivity index (χ4v) is 3.95. The highest BCUT2D eigenvalue weighted by Gasteiger charge is 2.29. The predicted molar refractivity (Wildman–Crippen MR) is 64.1 cm³/mol. The first-order valence-corrected chi connectivity index (χ1v) is 8.28. The van der Waals surface area contributed by atoms with Crippen molar-refractivity contribution in [1.29, 1.82) is 0 Å². The van der Waals surface area contributed by atoms with E-state index in [1.54, 1.807) is 0 Å². The quantitative estimate of drug-likeness (QED) is 0.234. The van der Waals surface area contributed by atoms with Gasteiger partial charge in [0.2, 0.25) is 10.0 Å². The third-order valence-corrected chi connectivity index (χ3v) is 4.65. The van der Waals surface area contributed by atoms with Crippen LogP contribution in [-0.2, 0) is 19.9 Å². The van der Waals surface area contributed by atoms with Crippen molar-refractivity contribution < 1.29 is 22.0 Å². The Hall–Kier alpha value is -0.870. The minimum Gasteiger partial charge on any atom is -0.409 e. The summed E-state index contributed by atoms with van der Waals surface area (Å²) in [6, 6.07) is 0. The second-order valence-corrected chi connectivity index (χ2v) is 8.26. The summed E-state index contributed by atoms with van der Waals surface area (Å²) >= 11 is 0. The second kappa shape index (κ2) is 5.19. The second-order valence-electron chi connectivity index (χ2n) is 4.16. The van der Waals surface area contributed by atoms with E-state index in [9.17, 15) is 16.8 Å². The van der Waals surface area contributed by atoms with Crippen LogP contribution in [0.25, 0.3) is 0 Å². The number of hydrogen-bond donors (Lipinski definition) is 3. The lowest BCUT2D eigenvalue weighted by Crippen LogP contribution is -2.53. The normalized spacial score (nSPS) is 14.9. The van der Waals surface area contributed by atoms with Crippen LogP contribution in [0.5, 0.6) is 0 Å². The number of sulfone groups is 1. The summed E-state index contributed by atoms with van der Waals surface area (Å²) in [7, 11) is -7.20. The molecule has 0 heterocycles. The molecule has 10 heteroatoms. The molecule has 0 saturated carbocycles. The third-order valence-electron chi connectivity index (χ3n) is 1.88. The highest BCUT2D eigenvalue weighted by Crippen LogP contribution is 2.05. The van der Waals surface area contributed by atoms with Crippen molar-refractivity contribution in [2.45, 2.75) is 19.4 Å². The van der Waals surface area contributed by atoms with Gasteiger partial charge < -0.3 is 10.9 Å². The summed E-state index contributed by atoms with van der Waals surface area (Å²) in [4.78, 5) is 0. The summed E-state index contributed by atoms with van der Waals surface area (Å²) in [6.45, 7) is 2.78. The zero-order valence-corrected chi connectivity index (χ0v) is 11.5. The minimum atomic E-state index is -3.83. The van der Waals surface area contributed by atoms with Gasteiger partial charge in [-0.2, -0.15) is 0 Å². The van der Waals surface area contributed by atoms with Crippen LogP contribution in [0.1, 0.15) is 13.8 Å². The Balaban J connectivity index is 4.79. The third kappa shape index (κ3) is 6.44. The molecule has 17 heavy (non-hydrogen) atoms. The van der Waals surface area contributed by atoms with E-state index in [-0.39, 0.29) is 5.84 Å². The molecule has 8 nitrogen and oxygen atoms in total. The van der Waals surface area contributed by atoms with Crippen molar-refractivity contribution in [3.63, 3.8) is 0 Å². The molecule has 0 saturated heterocycles. The van der Waals surface area contributed by atoms with Crippen LogP contribution in [0, 0.1) is 0 Å². The predicted octanol–water partition coefficient (Wildman–Crippen LogP) is -1.52. The van der Waals surface area contributed by atoms with E-state index in [4.69, 9.17) is 10.9 Å². The van der Waals surface area contributed by atoms with Crippen LogP contribution in [0.3, 0.4) is 0 Å². The van der Waals surface area contributed by atoms with E-state index in [0.29, 0.717) is 0 Å². The molecule has 102 valence electrons.